The van der Waals surface area contributed by atoms with E-state index in [4.69, 9.17) is 0 Å². The summed E-state index contributed by atoms with van der Waals surface area (Å²) in [7, 11) is -1.87. The second-order valence-electron chi connectivity index (χ2n) is 9.48. The first-order valence-corrected chi connectivity index (χ1v) is 13.3. The highest BCUT2D eigenvalue weighted by Gasteiger charge is 2.39. The van der Waals surface area contributed by atoms with E-state index >= 15 is 0 Å². The van der Waals surface area contributed by atoms with E-state index in [-0.39, 0.29) is 36.0 Å². The summed E-state index contributed by atoms with van der Waals surface area (Å²) in [6, 6.07) is 9.61. The third-order valence-corrected chi connectivity index (χ3v) is 8.96. The molecule has 2 aliphatic heterocycles. The van der Waals surface area contributed by atoms with Crippen LogP contribution in [0.1, 0.15) is 29.8 Å². The largest absolute Gasteiger partial charge is 0.418 e. The van der Waals surface area contributed by atoms with Crippen LogP contribution in [0.2, 0.25) is 0 Å². The van der Waals surface area contributed by atoms with Gasteiger partial charge in [0.15, 0.2) is 5.78 Å². The summed E-state index contributed by atoms with van der Waals surface area (Å²) < 4.78 is 70.1. The molecule has 0 spiro atoms. The van der Waals surface area contributed by atoms with Gasteiger partial charge in [-0.1, -0.05) is 12.1 Å². The van der Waals surface area contributed by atoms with Gasteiger partial charge in [-0.3, -0.25) is 4.79 Å². The molecule has 2 heterocycles. The zero-order valence-corrected chi connectivity index (χ0v) is 21.4. The Balaban J connectivity index is 1.55. The van der Waals surface area contributed by atoms with Gasteiger partial charge < -0.3 is 14.7 Å². The molecule has 0 saturated carbocycles. The highest BCUT2D eigenvalue weighted by Crippen LogP contribution is 2.40. The topological polar surface area (TPSA) is 64.2 Å². The van der Waals surface area contributed by atoms with E-state index in [1.54, 1.807) is 17.9 Å². The Bertz CT molecular complexity index is 1210. The molecule has 0 amide bonds. The number of Topliss-reactive ketones (excluding diaryl/α,β-unsaturated/α-hetero) is 1. The molecule has 2 aromatic carbocycles. The highest BCUT2D eigenvalue weighted by atomic mass is 32.2. The fraction of sp³-hybridized carbons (Fsp3) is 0.480. The number of halogens is 3. The maximum absolute atomic E-state index is 14.1. The number of likely N-dealkylation sites (N-methyl/N-ethyl adjacent to an activating group) is 1. The van der Waals surface area contributed by atoms with Crippen molar-refractivity contribution in [1.82, 2.24) is 9.21 Å². The number of sulfonamides is 1. The summed E-state index contributed by atoms with van der Waals surface area (Å²) >= 11 is 0. The molecule has 2 fully saturated rings. The molecule has 0 bridgehead atoms. The van der Waals surface area contributed by atoms with Crippen LogP contribution in [0.5, 0.6) is 0 Å². The fourth-order valence-electron chi connectivity index (χ4n) is 4.80. The molecule has 2 saturated heterocycles. The Morgan fingerprint density at radius 2 is 1.53 bits per heavy atom. The van der Waals surface area contributed by atoms with E-state index in [0.29, 0.717) is 24.3 Å². The first-order chi connectivity index (χ1) is 16.9. The minimum atomic E-state index is -4.54. The van der Waals surface area contributed by atoms with Crippen molar-refractivity contribution in [2.24, 2.45) is 0 Å². The molecule has 0 radical (unpaired) electrons. The molecule has 0 aliphatic carbocycles. The lowest BCUT2D eigenvalue weighted by molar-refractivity contribution is -0.137. The molecular weight excluding hydrogens is 493 g/mol. The van der Waals surface area contributed by atoms with Gasteiger partial charge in [-0.05, 0) is 51.2 Å². The monoisotopic (exact) mass is 524 g/mol. The van der Waals surface area contributed by atoms with Gasteiger partial charge in [-0.2, -0.15) is 17.5 Å². The van der Waals surface area contributed by atoms with E-state index < -0.39 is 27.8 Å². The van der Waals surface area contributed by atoms with Crippen LogP contribution < -0.4 is 9.80 Å². The standard InChI is InChI=1S/C25H31F3N4O3S/c1-18-17-31(14-15-32(18)36(34,35)22-7-4-20(5-8-22)19(2)33)24-9-6-21(16-23(24)25(26,27)28)30-12-10-29(3)11-13-30/h4-9,16,18H,10-15,17H2,1-3H3. The number of hydrogen-bond acceptors (Lipinski definition) is 6. The lowest BCUT2D eigenvalue weighted by atomic mass is 10.1. The number of carbonyl (C=O) groups excluding carboxylic acids is 1. The Labute approximate surface area is 210 Å². The lowest BCUT2D eigenvalue weighted by Crippen LogP contribution is -2.54. The minimum absolute atomic E-state index is 0.0511. The third-order valence-electron chi connectivity index (χ3n) is 6.93. The normalized spacial score (nSPS) is 20.6. The first kappa shape index (κ1) is 26.4. The number of carbonyl (C=O) groups is 1. The molecular formula is C25H31F3N4O3S. The van der Waals surface area contributed by atoms with Crippen molar-refractivity contribution in [3.63, 3.8) is 0 Å². The Morgan fingerprint density at radius 1 is 0.917 bits per heavy atom. The molecule has 1 unspecified atom stereocenters. The maximum Gasteiger partial charge on any atom is 0.418 e. The third kappa shape index (κ3) is 5.37. The second-order valence-corrected chi connectivity index (χ2v) is 11.4. The number of alkyl halides is 3. The van der Waals surface area contributed by atoms with Gasteiger partial charge >= 0.3 is 6.18 Å². The maximum atomic E-state index is 14.1. The van der Waals surface area contributed by atoms with Crippen LogP contribution >= 0.6 is 0 Å². The highest BCUT2D eigenvalue weighted by molar-refractivity contribution is 7.89. The molecule has 11 heteroatoms. The molecule has 1 atom stereocenters. The fourth-order valence-corrected chi connectivity index (χ4v) is 6.42. The molecule has 4 rings (SSSR count). The van der Waals surface area contributed by atoms with Gasteiger partial charge in [-0.15, -0.1) is 0 Å². The molecule has 196 valence electrons. The first-order valence-electron chi connectivity index (χ1n) is 11.9. The van der Waals surface area contributed by atoms with Gasteiger partial charge in [-0.25, -0.2) is 8.42 Å². The number of ketones is 1. The van der Waals surface area contributed by atoms with Crippen molar-refractivity contribution in [2.75, 3.05) is 62.7 Å². The lowest BCUT2D eigenvalue weighted by Gasteiger charge is -2.41. The summed E-state index contributed by atoms with van der Waals surface area (Å²) in [5.74, 6) is -0.167. The van der Waals surface area contributed by atoms with Crippen LogP contribution in [-0.4, -0.2) is 82.3 Å². The van der Waals surface area contributed by atoms with Crippen molar-refractivity contribution < 1.29 is 26.4 Å². The van der Waals surface area contributed by atoms with Crippen molar-refractivity contribution in [3.05, 3.63) is 53.6 Å². The zero-order chi connectivity index (χ0) is 26.3. The summed E-state index contributed by atoms with van der Waals surface area (Å²) in [4.78, 5) is 17.3. The quantitative estimate of drug-likeness (QED) is 0.558. The van der Waals surface area contributed by atoms with Crippen molar-refractivity contribution in [2.45, 2.75) is 31.0 Å². The van der Waals surface area contributed by atoms with Crippen LogP contribution in [0.25, 0.3) is 0 Å². The van der Waals surface area contributed by atoms with Gasteiger partial charge in [0.05, 0.1) is 10.5 Å². The van der Waals surface area contributed by atoms with Crippen molar-refractivity contribution in [1.29, 1.82) is 0 Å². The molecule has 0 aromatic heterocycles. The van der Waals surface area contributed by atoms with Gasteiger partial charge in [0, 0.05) is 68.8 Å². The Hall–Kier alpha value is -2.63. The Kier molecular flexibility index (Phi) is 7.36. The van der Waals surface area contributed by atoms with E-state index in [1.165, 1.54) is 47.6 Å². The van der Waals surface area contributed by atoms with Crippen LogP contribution in [0.4, 0.5) is 24.5 Å². The molecule has 0 N–H and O–H groups in total. The Morgan fingerprint density at radius 3 is 2.08 bits per heavy atom. The zero-order valence-electron chi connectivity index (χ0n) is 20.6. The minimum Gasteiger partial charge on any atom is -0.369 e. The van der Waals surface area contributed by atoms with Gasteiger partial charge in [0.25, 0.3) is 0 Å². The predicted molar refractivity (Wildman–Crippen MR) is 133 cm³/mol. The summed E-state index contributed by atoms with van der Waals surface area (Å²) in [5.41, 5.74) is 0.311. The average Bonchev–Trinajstić information content (AvgIpc) is 2.83. The van der Waals surface area contributed by atoms with E-state index in [1.807, 2.05) is 11.9 Å². The average molecular weight is 525 g/mol. The summed E-state index contributed by atoms with van der Waals surface area (Å²) in [6.07, 6.45) is -4.54. The second kappa shape index (κ2) is 10.0. The van der Waals surface area contributed by atoms with Crippen LogP contribution in [0.15, 0.2) is 47.4 Å². The van der Waals surface area contributed by atoms with Crippen molar-refractivity contribution in [3.8, 4) is 0 Å². The van der Waals surface area contributed by atoms with Gasteiger partial charge in [0.2, 0.25) is 10.0 Å². The van der Waals surface area contributed by atoms with Gasteiger partial charge in [0.1, 0.15) is 0 Å². The van der Waals surface area contributed by atoms with E-state index in [2.05, 4.69) is 4.90 Å². The van der Waals surface area contributed by atoms with Crippen molar-refractivity contribution >= 4 is 27.2 Å². The SMILES string of the molecule is CC(=O)c1ccc(S(=O)(=O)N2CCN(c3ccc(N4CCN(C)CC4)cc3C(F)(F)F)CC2C)cc1. The van der Waals surface area contributed by atoms with Crippen LogP contribution in [0.3, 0.4) is 0 Å². The molecule has 7 nitrogen and oxygen atoms in total. The number of nitrogens with zero attached hydrogens (tertiary/aromatic N) is 4. The predicted octanol–water partition coefficient (Wildman–Crippen LogP) is 3.56. The smallest absolute Gasteiger partial charge is 0.369 e. The number of rotatable bonds is 5. The number of hydrogen-bond donors (Lipinski definition) is 0. The molecule has 2 aliphatic rings. The van der Waals surface area contributed by atoms with Crippen LogP contribution in [-0.2, 0) is 16.2 Å². The summed E-state index contributed by atoms with van der Waals surface area (Å²) in [5, 5.41) is 0. The molecule has 36 heavy (non-hydrogen) atoms. The van der Waals surface area contributed by atoms with Crippen LogP contribution in [0, 0.1) is 0 Å². The number of anilines is 2. The van der Waals surface area contributed by atoms with E-state index in [9.17, 15) is 26.4 Å². The summed E-state index contributed by atoms with van der Waals surface area (Å²) in [6.45, 7) is 6.30. The molecule has 2 aromatic rings. The number of piperazine rings is 2. The van der Waals surface area contributed by atoms with E-state index in [0.717, 1.165) is 13.1 Å². The number of benzene rings is 2.